The fourth-order valence-electron chi connectivity index (χ4n) is 12.3. The molecule has 0 heterocycles. The van der Waals surface area contributed by atoms with Gasteiger partial charge in [0, 0.05) is 33.4 Å². The molecule has 326 valence electrons. The van der Waals surface area contributed by atoms with Gasteiger partial charge < -0.3 is 5.11 Å². The van der Waals surface area contributed by atoms with Gasteiger partial charge in [0.05, 0.1) is 0 Å². The minimum Gasteiger partial charge on any atom is -0.376 e. The predicted molar refractivity (Wildman–Crippen MR) is 292 cm³/mol. The van der Waals surface area contributed by atoms with Crippen LogP contribution in [0.3, 0.4) is 0 Å². The number of carbonyl (C=O) groups is 1. The highest BCUT2D eigenvalue weighted by molar-refractivity contribution is 6.39. The molecule has 2 nitrogen and oxygen atoms in total. The number of hydrogen-bond acceptors (Lipinski definition) is 2. The Morgan fingerprint density at radius 2 is 0.471 bits per heavy atom. The molecule has 0 bridgehead atoms. The minimum absolute atomic E-state index is 0.129. The quantitative estimate of drug-likeness (QED) is 0.175. The van der Waals surface area contributed by atoms with Crippen LogP contribution in [0.25, 0.3) is 109 Å². The van der Waals surface area contributed by atoms with Crippen LogP contribution in [0.5, 0.6) is 0 Å². The normalized spacial score (nSPS) is 13.1. The molecule has 70 heavy (non-hydrogen) atoms. The summed E-state index contributed by atoms with van der Waals surface area (Å²) >= 11 is 0. The Kier molecular flexibility index (Phi) is 8.92. The lowest BCUT2D eigenvalue weighted by Crippen LogP contribution is -2.39. The summed E-state index contributed by atoms with van der Waals surface area (Å²) in [4.78, 5) is 17.6. The molecule has 13 aromatic rings. The van der Waals surface area contributed by atoms with Crippen molar-refractivity contribution >= 4 is 70.4 Å². The maximum Gasteiger partial charge on any atom is 0.195 e. The highest BCUT2D eigenvalue weighted by Crippen LogP contribution is 2.61. The van der Waals surface area contributed by atoms with E-state index in [1.54, 1.807) is 0 Å². The topological polar surface area (TPSA) is 37.3 Å². The molecule has 0 saturated heterocycles. The molecule has 0 unspecified atom stereocenters. The molecule has 0 aromatic heterocycles. The lowest BCUT2D eigenvalue weighted by molar-refractivity contribution is 0.0956. The van der Waals surface area contributed by atoms with E-state index in [4.69, 9.17) is 0 Å². The first-order valence-corrected chi connectivity index (χ1v) is 24.0. The second-order valence-electron chi connectivity index (χ2n) is 18.6. The third-order valence-electron chi connectivity index (χ3n) is 15.0. The van der Waals surface area contributed by atoms with E-state index in [2.05, 4.69) is 194 Å². The number of ketones is 1. The van der Waals surface area contributed by atoms with Gasteiger partial charge in [0.2, 0.25) is 0 Å². The van der Waals surface area contributed by atoms with E-state index >= 15 is 9.90 Å². The molecule has 1 aliphatic rings. The van der Waals surface area contributed by atoms with Crippen molar-refractivity contribution in [3.05, 3.63) is 277 Å². The molecule has 0 spiro atoms. The number of hydrogen-bond donors (Lipinski definition) is 1. The first-order valence-electron chi connectivity index (χ1n) is 24.0. The lowest BCUT2D eigenvalue weighted by Gasteiger charge is -2.42. The van der Waals surface area contributed by atoms with Gasteiger partial charge in [-0.3, -0.25) is 4.79 Å². The summed E-state index contributed by atoms with van der Waals surface area (Å²) in [6, 6.07) is 86.3. The molecule has 14 rings (SSSR count). The summed E-state index contributed by atoms with van der Waals surface area (Å²) in [6.45, 7) is 0. The van der Waals surface area contributed by atoms with Gasteiger partial charge in [-0.15, -0.1) is 0 Å². The Morgan fingerprint density at radius 1 is 0.243 bits per heavy atom. The molecule has 13 aromatic carbocycles. The molecule has 0 amide bonds. The Bertz CT molecular complexity index is 4020. The summed E-state index contributed by atoms with van der Waals surface area (Å²) in [5.74, 6) is -0.129. The second kappa shape index (κ2) is 15.5. The molecule has 0 fully saturated rings. The molecule has 1 aliphatic carbocycles. The molecule has 0 aliphatic heterocycles. The van der Waals surface area contributed by atoms with Crippen molar-refractivity contribution in [3.8, 4) is 44.5 Å². The zero-order valence-electron chi connectivity index (χ0n) is 38.0. The maximum absolute atomic E-state index is 17.6. The largest absolute Gasteiger partial charge is 0.376 e. The van der Waals surface area contributed by atoms with Gasteiger partial charge in [0.25, 0.3) is 0 Å². The highest BCUT2D eigenvalue weighted by atomic mass is 16.3. The lowest BCUT2D eigenvalue weighted by atomic mass is 9.61. The average molecular weight is 891 g/mol. The van der Waals surface area contributed by atoms with Crippen molar-refractivity contribution in [1.29, 1.82) is 0 Å². The maximum atomic E-state index is 17.6. The summed E-state index contributed by atoms with van der Waals surface area (Å²) in [5, 5.41) is 28.1. The van der Waals surface area contributed by atoms with Crippen LogP contribution >= 0.6 is 0 Å². The van der Waals surface area contributed by atoms with Gasteiger partial charge in [0.15, 0.2) is 5.78 Å². The van der Waals surface area contributed by atoms with Crippen molar-refractivity contribution in [2.75, 3.05) is 0 Å². The van der Waals surface area contributed by atoms with Gasteiger partial charge in [-0.25, -0.2) is 0 Å². The van der Waals surface area contributed by atoms with Gasteiger partial charge in [-0.1, -0.05) is 249 Å². The predicted octanol–water partition coefficient (Wildman–Crippen LogP) is 17.1. The van der Waals surface area contributed by atoms with E-state index in [1.165, 1.54) is 0 Å². The Labute approximate surface area is 405 Å². The van der Waals surface area contributed by atoms with Crippen LogP contribution in [0.15, 0.2) is 249 Å². The first-order chi connectivity index (χ1) is 34.6. The Balaban J connectivity index is 1.36. The number of carbonyl (C=O) groups excluding carboxylic acids is 1. The van der Waals surface area contributed by atoms with Crippen molar-refractivity contribution < 1.29 is 9.90 Å². The van der Waals surface area contributed by atoms with Crippen molar-refractivity contribution in [2.45, 2.75) is 5.60 Å². The SMILES string of the molecule is O=C1c2c(c(-c3ccccc3)c3c4ccccc4c4ccccc4c3c2-c2ccccc2)C(O)(c2ccccc2)c2c1c(-c1ccccc1)c1c3ccccc3c3ccccc3c1c2-c1ccccc1. The Morgan fingerprint density at radius 3 is 0.771 bits per heavy atom. The second-order valence-corrected chi connectivity index (χ2v) is 18.6. The zero-order chi connectivity index (χ0) is 46.5. The number of benzene rings is 13. The summed E-state index contributed by atoms with van der Waals surface area (Å²) < 4.78 is 0. The number of aliphatic hydroxyl groups is 1. The third kappa shape index (κ3) is 5.57. The number of fused-ring (bicyclic) bond motifs is 14. The average Bonchev–Trinajstić information content (AvgIpc) is 3.44. The van der Waals surface area contributed by atoms with E-state index in [1.807, 2.05) is 54.6 Å². The molecule has 2 heteroatoms. The first kappa shape index (κ1) is 40.1. The van der Waals surface area contributed by atoms with Gasteiger partial charge >= 0.3 is 0 Å². The van der Waals surface area contributed by atoms with E-state index < -0.39 is 5.60 Å². The van der Waals surface area contributed by atoms with Crippen molar-refractivity contribution in [3.63, 3.8) is 0 Å². The monoisotopic (exact) mass is 890 g/mol. The standard InChI is InChI=1S/C68H42O2/c69-67-63-55(42-24-6-1-7-25-42)59-51-38-20-16-34-47(51)49-36-18-22-40-53(49)61(59)57(44-28-10-3-11-29-44)65(63)68(70,46-32-14-5-15-33-46)66-58(45-30-12-4-13-31-45)62-54-41-23-19-37-50(54)48-35-17-21-39-52(48)60(62)56(64(66)67)43-26-8-2-9-27-43/h1-41,70H. The van der Waals surface area contributed by atoms with Crippen LogP contribution in [-0.2, 0) is 5.60 Å². The highest BCUT2D eigenvalue weighted by Gasteiger charge is 2.51. The van der Waals surface area contributed by atoms with Crippen LogP contribution < -0.4 is 0 Å². The summed E-state index contributed by atoms with van der Waals surface area (Å²) in [7, 11) is 0. The van der Waals surface area contributed by atoms with E-state index in [9.17, 15) is 0 Å². The van der Waals surface area contributed by atoms with Crippen molar-refractivity contribution in [2.24, 2.45) is 0 Å². The smallest absolute Gasteiger partial charge is 0.195 e. The van der Waals surface area contributed by atoms with Gasteiger partial charge in [0.1, 0.15) is 5.60 Å². The third-order valence-corrected chi connectivity index (χ3v) is 15.0. The van der Waals surface area contributed by atoms with Crippen LogP contribution in [0.2, 0.25) is 0 Å². The van der Waals surface area contributed by atoms with Gasteiger partial charge in [-0.2, -0.15) is 0 Å². The van der Waals surface area contributed by atoms with Crippen LogP contribution in [0.1, 0.15) is 32.6 Å². The van der Waals surface area contributed by atoms with E-state index in [0.29, 0.717) is 27.8 Å². The summed E-state index contributed by atoms with van der Waals surface area (Å²) in [6.07, 6.45) is 0. The van der Waals surface area contributed by atoms with Crippen LogP contribution in [-0.4, -0.2) is 10.9 Å². The van der Waals surface area contributed by atoms with Crippen molar-refractivity contribution in [1.82, 2.24) is 0 Å². The van der Waals surface area contributed by atoms with Crippen LogP contribution in [0, 0.1) is 0 Å². The van der Waals surface area contributed by atoms with Crippen LogP contribution in [0.4, 0.5) is 0 Å². The minimum atomic E-state index is -1.93. The molecule has 0 atom stereocenters. The fourth-order valence-corrected chi connectivity index (χ4v) is 12.3. The van der Waals surface area contributed by atoms with E-state index in [-0.39, 0.29) is 5.78 Å². The fraction of sp³-hybridized carbons (Fsp3) is 0.0147. The number of rotatable bonds is 5. The molecule has 0 radical (unpaired) electrons. The summed E-state index contributed by atoms with van der Waals surface area (Å²) in [5.41, 5.74) is 7.81. The molecular weight excluding hydrogens is 849 g/mol. The molecular formula is C68H42O2. The Hall–Kier alpha value is -8.95. The zero-order valence-corrected chi connectivity index (χ0v) is 38.0. The molecule has 0 saturated carbocycles. The van der Waals surface area contributed by atoms with Gasteiger partial charge in [-0.05, 0) is 104 Å². The van der Waals surface area contributed by atoms with E-state index in [0.717, 1.165) is 109 Å². The molecule has 1 N–H and O–H groups in total.